The molecule has 1 aromatic carbocycles. The maximum absolute atomic E-state index is 14.4. The number of carbonyl (C=O) groups excluding carboxylic acids is 12. The zero-order valence-corrected chi connectivity index (χ0v) is 63.8. The number of nitrogens with one attached hydrogen (secondary N) is 11. The van der Waals surface area contributed by atoms with Gasteiger partial charge in [0, 0.05) is 13.0 Å². The van der Waals surface area contributed by atoms with Gasteiger partial charge in [-0.15, -0.1) is 0 Å². The predicted molar refractivity (Wildman–Crippen MR) is 396 cm³/mol. The van der Waals surface area contributed by atoms with Crippen LogP contribution in [0.4, 0.5) is 0 Å². The average Bonchev–Trinajstić information content (AvgIpc) is 1.79. The van der Waals surface area contributed by atoms with E-state index in [1.807, 2.05) is 0 Å². The number of hydrogen-bond donors (Lipinski definition) is 19. The molecule has 105 heavy (non-hydrogen) atoms. The second kappa shape index (κ2) is 48.2. The van der Waals surface area contributed by atoms with Crippen LogP contribution in [0.5, 0.6) is 5.75 Å². The van der Waals surface area contributed by atoms with E-state index in [0.717, 1.165) is 0 Å². The SMILES string of the molecule is CC(C)C[C@H](NC(=O)[C@@H](NC(=O)[C@H](CCCCN)NC(=O)[C@H](CCCCN)NC(=O)[C@H](CCCCN)NC(=O)[C@@H](N)CCCCN)C(C)C)C(=O)N[C@@H](C)C(=O)N1CCC[C@H]1C(=O)N[C@H](C(=O)N[C@@H](Cc1ccc(O)cc1)C(=O)N[C@H](C(=O)N[C@@H](CC(C)C)C(=O)N[C@H](C(=O)O)C(C)C)C(C)C)[C@@H](C)O. The third-order valence-electron chi connectivity index (χ3n) is 18.1. The summed E-state index contributed by atoms with van der Waals surface area (Å²) in [5, 5.41) is 60.3. The van der Waals surface area contributed by atoms with Gasteiger partial charge in [0.25, 0.3) is 0 Å². The van der Waals surface area contributed by atoms with Crippen LogP contribution in [0.3, 0.4) is 0 Å². The summed E-state index contributed by atoms with van der Waals surface area (Å²) in [6.07, 6.45) is 3.47. The monoisotopic (exact) mass is 1490 g/mol. The molecular weight excluding hydrogens is 1360 g/mol. The molecule has 1 fully saturated rings. The minimum atomic E-state index is -1.74. The fourth-order valence-electron chi connectivity index (χ4n) is 11.9. The second-order valence-electron chi connectivity index (χ2n) is 29.4. The van der Waals surface area contributed by atoms with E-state index in [1.54, 1.807) is 69.2 Å². The van der Waals surface area contributed by atoms with E-state index < -0.39 is 179 Å². The number of hydrogen-bond acceptors (Lipinski definition) is 20. The summed E-state index contributed by atoms with van der Waals surface area (Å²) in [5.41, 5.74) is 29.6. The molecular formula is C72H127N17O16. The van der Waals surface area contributed by atoms with Gasteiger partial charge in [0.1, 0.15) is 78.3 Å². The molecule has 0 saturated carbocycles. The molecule has 596 valence electrons. The first kappa shape index (κ1) is 93.0. The van der Waals surface area contributed by atoms with Crippen molar-refractivity contribution in [2.45, 2.75) is 277 Å². The average molecular weight is 1490 g/mol. The summed E-state index contributed by atoms with van der Waals surface area (Å²) in [6.45, 7) is 21.0. The Labute approximate surface area is 619 Å². The predicted octanol–water partition coefficient (Wildman–Crippen LogP) is -1.35. The number of aliphatic hydroxyl groups is 1. The minimum absolute atomic E-state index is 0.0346. The molecule has 24 N–H and O–H groups in total. The summed E-state index contributed by atoms with van der Waals surface area (Å²) in [7, 11) is 0. The Balaban J connectivity index is 2.39. The highest BCUT2D eigenvalue weighted by atomic mass is 16.4. The van der Waals surface area contributed by atoms with Gasteiger partial charge in [-0.25, -0.2) is 4.79 Å². The number of aliphatic carboxylic acids is 1. The molecule has 1 heterocycles. The van der Waals surface area contributed by atoms with Crippen LogP contribution in [-0.2, 0) is 68.7 Å². The maximum Gasteiger partial charge on any atom is 0.326 e. The lowest BCUT2D eigenvalue weighted by Gasteiger charge is -2.31. The minimum Gasteiger partial charge on any atom is -0.508 e. The first-order valence-electron chi connectivity index (χ1n) is 37.3. The second-order valence-corrected chi connectivity index (χ2v) is 29.4. The molecule has 33 nitrogen and oxygen atoms in total. The summed E-state index contributed by atoms with van der Waals surface area (Å²) >= 11 is 0. The number of aromatic hydroxyl groups is 1. The van der Waals surface area contributed by atoms with E-state index in [0.29, 0.717) is 89.4 Å². The van der Waals surface area contributed by atoms with E-state index in [9.17, 15) is 77.6 Å². The van der Waals surface area contributed by atoms with Crippen molar-refractivity contribution in [2.75, 3.05) is 32.7 Å². The fraction of sp³-hybridized carbons (Fsp3) is 0.736. The fourth-order valence-corrected chi connectivity index (χ4v) is 11.9. The molecule has 1 aliphatic rings. The lowest BCUT2D eigenvalue weighted by Crippen LogP contribution is -2.62. The number of rotatable bonds is 50. The van der Waals surface area contributed by atoms with Gasteiger partial charge in [-0.05, 0) is 184 Å². The summed E-state index contributed by atoms with van der Waals surface area (Å²) < 4.78 is 0. The highest BCUT2D eigenvalue weighted by molar-refractivity contribution is 6.00. The van der Waals surface area contributed by atoms with Crippen LogP contribution in [-0.4, -0.2) is 214 Å². The summed E-state index contributed by atoms with van der Waals surface area (Å²) in [6, 6.07) is -10.9. The van der Waals surface area contributed by atoms with E-state index in [1.165, 1.54) is 43.0 Å². The lowest BCUT2D eigenvalue weighted by molar-refractivity contribution is -0.143. The van der Waals surface area contributed by atoms with Gasteiger partial charge in [0.05, 0.1) is 12.1 Å². The number of amides is 12. The summed E-state index contributed by atoms with van der Waals surface area (Å²) in [4.78, 5) is 183. The standard InChI is InChI=1S/C72H127N17O16/c1-39(2)36-52(82-68(100)56(41(5)6)85-63(95)51(25-16-20-34-76)81-62(94)50(24-15-19-33-75)80-61(93)49(23-14-18-32-74)79-60(92)48(77)22-13-17-31-73)64(96)78-44(11)71(103)89-35-21-26-55(89)67(99)88-59(45(12)90)70(102)84-54(38-46-27-29-47(91)30-28-46)66(98)86-57(42(7)8)69(101)83-53(37-40(3)4)65(97)87-58(43(9)10)72(104)105/h27-30,39-45,48-59,90-91H,13-26,31-38,73-77H2,1-12H3,(H,78,96)(H,79,92)(H,80,93)(H,81,94)(H,82,100)(H,83,101)(H,84,102)(H,85,95)(H,86,98)(H,87,97)(H,88,99)(H,104,105)/t44-,45+,48-,49-,50-,51-,52-,53-,54-,55-,56-,57-,58-,59-/m0/s1. The smallest absolute Gasteiger partial charge is 0.326 e. The molecule has 1 aliphatic heterocycles. The molecule has 0 spiro atoms. The Kier molecular flexibility index (Phi) is 42.6. The van der Waals surface area contributed by atoms with Crippen molar-refractivity contribution in [3.05, 3.63) is 29.8 Å². The zero-order chi connectivity index (χ0) is 79.4. The number of carbonyl (C=O) groups is 13. The van der Waals surface area contributed by atoms with Crippen LogP contribution in [0, 0.1) is 29.6 Å². The number of carboxylic acid groups (broad SMARTS) is 1. The highest BCUT2D eigenvalue weighted by Gasteiger charge is 2.42. The van der Waals surface area contributed by atoms with Gasteiger partial charge in [-0.3, -0.25) is 57.5 Å². The number of phenols is 1. The van der Waals surface area contributed by atoms with Crippen molar-refractivity contribution >= 4 is 76.9 Å². The first-order valence-corrected chi connectivity index (χ1v) is 37.3. The number of nitrogens with two attached hydrogens (primary N) is 5. The van der Waals surface area contributed by atoms with E-state index in [2.05, 4.69) is 58.5 Å². The number of aliphatic hydroxyl groups excluding tert-OH is 1. The Hall–Kier alpha value is -8.11. The van der Waals surface area contributed by atoms with Gasteiger partial charge in [0.2, 0.25) is 70.9 Å². The lowest BCUT2D eigenvalue weighted by atomic mass is 9.98. The van der Waals surface area contributed by atoms with Crippen molar-refractivity contribution in [3.63, 3.8) is 0 Å². The van der Waals surface area contributed by atoms with Crippen molar-refractivity contribution in [1.29, 1.82) is 0 Å². The van der Waals surface area contributed by atoms with E-state index in [-0.39, 0.29) is 75.6 Å². The number of benzene rings is 1. The van der Waals surface area contributed by atoms with Crippen molar-refractivity contribution in [2.24, 2.45) is 58.3 Å². The molecule has 2 rings (SSSR count). The molecule has 14 atom stereocenters. The van der Waals surface area contributed by atoms with Crippen LogP contribution < -0.4 is 87.2 Å². The molecule has 33 heteroatoms. The van der Waals surface area contributed by atoms with Crippen LogP contribution in [0.1, 0.15) is 191 Å². The number of phenolic OH excluding ortho intramolecular Hbond substituents is 1. The molecule has 12 amide bonds. The Morgan fingerprint density at radius 1 is 0.429 bits per heavy atom. The maximum atomic E-state index is 14.4. The quantitative estimate of drug-likeness (QED) is 0.0335. The molecule has 1 saturated heterocycles. The largest absolute Gasteiger partial charge is 0.508 e. The normalized spacial score (nSPS) is 16.7. The molecule has 0 unspecified atom stereocenters. The van der Waals surface area contributed by atoms with Gasteiger partial charge in [0.15, 0.2) is 0 Å². The molecule has 1 aromatic rings. The third-order valence-corrected chi connectivity index (χ3v) is 18.1. The van der Waals surface area contributed by atoms with Crippen LogP contribution in [0.25, 0.3) is 0 Å². The van der Waals surface area contributed by atoms with Crippen molar-refractivity contribution in [3.8, 4) is 5.75 Å². The third kappa shape index (κ3) is 33.1. The topological polar surface area (TPSA) is 548 Å². The number of unbranched alkanes of at least 4 members (excludes halogenated alkanes) is 4. The number of carboxylic acids is 1. The van der Waals surface area contributed by atoms with E-state index in [4.69, 9.17) is 28.7 Å². The van der Waals surface area contributed by atoms with Gasteiger partial charge in [-0.2, -0.15) is 0 Å². The van der Waals surface area contributed by atoms with Crippen LogP contribution >= 0.6 is 0 Å². The van der Waals surface area contributed by atoms with Crippen molar-refractivity contribution in [1.82, 2.24) is 63.4 Å². The number of likely N-dealkylation sites (tertiary alicyclic amines) is 1. The van der Waals surface area contributed by atoms with Crippen LogP contribution in [0.15, 0.2) is 24.3 Å². The van der Waals surface area contributed by atoms with Gasteiger partial charge >= 0.3 is 5.97 Å². The first-order chi connectivity index (χ1) is 49.4. The Morgan fingerprint density at radius 2 is 0.781 bits per heavy atom. The zero-order valence-electron chi connectivity index (χ0n) is 63.8. The highest BCUT2D eigenvalue weighted by Crippen LogP contribution is 2.21. The van der Waals surface area contributed by atoms with Gasteiger partial charge in [-0.1, -0.05) is 87.8 Å². The molecule has 0 aliphatic carbocycles. The molecule has 0 aromatic heterocycles. The van der Waals surface area contributed by atoms with Crippen molar-refractivity contribution < 1.29 is 77.6 Å². The Bertz CT molecular complexity index is 2960. The summed E-state index contributed by atoms with van der Waals surface area (Å²) in [5.74, 6) is -12.7. The molecule has 0 radical (unpaired) electrons. The number of nitrogens with zero attached hydrogens (tertiary/aromatic N) is 1. The molecule has 0 bridgehead atoms. The van der Waals surface area contributed by atoms with E-state index >= 15 is 0 Å². The van der Waals surface area contributed by atoms with Crippen LogP contribution in [0.2, 0.25) is 0 Å². The Morgan fingerprint density at radius 3 is 1.18 bits per heavy atom. The van der Waals surface area contributed by atoms with Gasteiger partial charge < -0.3 is 107 Å².